The molecule has 0 aliphatic carbocycles. The SMILES string of the molecule is Clc1cccc(-c2ccc(-c3cc(-c4ccccc4)nc(-c4ccc(-c5ccccc5)cc4)n3)cc2)c1. The summed E-state index contributed by atoms with van der Waals surface area (Å²) in [6, 6.07) is 47.5. The van der Waals surface area contributed by atoms with E-state index < -0.39 is 0 Å². The van der Waals surface area contributed by atoms with Gasteiger partial charge in [-0.2, -0.15) is 0 Å². The molecule has 0 saturated heterocycles. The second-order valence-electron chi connectivity index (χ2n) is 8.86. The van der Waals surface area contributed by atoms with Gasteiger partial charge in [-0.05, 0) is 40.5 Å². The van der Waals surface area contributed by atoms with Gasteiger partial charge in [0.25, 0.3) is 0 Å². The van der Waals surface area contributed by atoms with E-state index in [1.54, 1.807) is 0 Å². The highest BCUT2D eigenvalue weighted by atomic mass is 35.5. The lowest BCUT2D eigenvalue weighted by Gasteiger charge is -2.11. The first kappa shape index (κ1) is 22.9. The summed E-state index contributed by atoms with van der Waals surface area (Å²) in [7, 11) is 0. The average molecular weight is 495 g/mol. The van der Waals surface area contributed by atoms with Gasteiger partial charge in [0.2, 0.25) is 0 Å². The molecule has 0 bridgehead atoms. The highest BCUT2D eigenvalue weighted by molar-refractivity contribution is 6.30. The number of nitrogens with zero attached hydrogens (tertiary/aromatic N) is 2. The molecule has 0 fully saturated rings. The van der Waals surface area contributed by atoms with Crippen LogP contribution in [0.4, 0.5) is 0 Å². The lowest BCUT2D eigenvalue weighted by Crippen LogP contribution is -1.96. The molecular formula is C34H23ClN2. The second kappa shape index (κ2) is 10.2. The van der Waals surface area contributed by atoms with Crippen LogP contribution >= 0.6 is 11.6 Å². The molecule has 0 aliphatic rings. The summed E-state index contributed by atoms with van der Waals surface area (Å²) in [5, 5.41) is 0.729. The van der Waals surface area contributed by atoms with Gasteiger partial charge in [-0.15, -0.1) is 0 Å². The van der Waals surface area contributed by atoms with Gasteiger partial charge >= 0.3 is 0 Å². The molecule has 0 amide bonds. The molecule has 2 nitrogen and oxygen atoms in total. The topological polar surface area (TPSA) is 25.8 Å². The standard InChI is InChI=1S/C34H23ClN2/c35-31-13-7-12-30(22-31)26-14-18-28(19-15-26)33-23-32(27-10-5-2-6-11-27)36-34(37-33)29-20-16-25(17-21-29)24-8-3-1-4-9-24/h1-23H. The summed E-state index contributed by atoms with van der Waals surface area (Å²) in [4.78, 5) is 9.94. The first-order valence-corrected chi connectivity index (χ1v) is 12.6. The van der Waals surface area contributed by atoms with E-state index in [2.05, 4.69) is 97.1 Å². The van der Waals surface area contributed by atoms with Crippen LogP contribution < -0.4 is 0 Å². The van der Waals surface area contributed by atoms with Crippen molar-refractivity contribution in [2.75, 3.05) is 0 Å². The highest BCUT2D eigenvalue weighted by Gasteiger charge is 2.11. The van der Waals surface area contributed by atoms with E-state index in [1.165, 1.54) is 11.1 Å². The maximum Gasteiger partial charge on any atom is 0.160 e. The summed E-state index contributed by atoms with van der Waals surface area (Å²) >= 11 is 6.20. The third kappa shape index (κ3) is 5.06. The zero-order valence-electron chi connectivity index (χ0n) is 20.1. The van der Waals surface area contributed by atoms with Gasteiger partial charge in [0.05, 0.1) is 11.4 Å². The van der Waals surface area contributed by atoms with E-state index in [1.807, 2.05) is 42.5 Å². The Labute approximate surface area is 221 Å². The first-order chi connectivity index (χ1) is 18.2. The maximum atomic E-state index is 6.20. The largest absolute Gasteiger partial charge is 0.228 e. The van der Waals surface area contributed by atoms with Crippen LogP contribution in [0.15, 0.2) is 140 Å². The van der Waals surface area contributed by atoms with Gasteiger partial charge in [0.15, 0.2) is 5.82 Å². The Morgan fingerprint density at radius 2 is 0.784 bits per heavy atom. The van der Waals surface area contributed by atoms with Crippen molar-refractivity contribution in [3.63, 3.8) is 0 Å². The van der Waals surface area contributed by atoms with Gasteiger partial charge in [-0.1, -0.05) is 133 Å². The lowest BCUT2D eigenvalue weighted by atomic mass is 10.0. The van der Waals surface area contributed by atoms with Crippen molar-refractivity contribution in [3.05, 3.63) is 145 Å². The summed E-state index contributed by atoms with van der Waals surface area (Å²) in [5.41, 5.74) is 9.41. The van der Waals surface area contributed by atoms with Crippen molar-refractivity contribution in [2.24, 2.45) is 0 Å². The van der Waals surface area contributed by atoms with E-state index in [0.717, 1.165) is 44.2 Å². The minimum absolute atomic E-state index is 0.704. The molecule has 37 heavy (non-hydrogen) atoms. The predicted molar refractivity (Wildman–Crippen MR) is 154 cm³/mol. The third-order valence-corrected chi connectivity index (χ3v) is 6.62. The van der Waals surface area contributed by atoms with Crippen LogP contribution in [0, 0.1) is 0 Å². The van der Waals surface area contributed by atoms with Gasteiger partial charge in [-0.25, -0.2) is 9.97 Å². The molecule has 6 rings (SSSR count). The maximum absolute atomic E-state index is 6.20. The van der Waals surface area contributed by atoms with E-state index in [0.29, 0.717) is 5.82 Å². The minimum Gasteiger partial charge on any atom is -0.228 e. The molecule has 0 radical (unpaired) electrons. The number of hydrogen-bond acceptors (Lipinski definition) is 2. The highest BCUT2D eigenvalue weighted by Crippen LogP contribution is 2.30. The summed E-state index contributed by atoms with van der Waals surface area (Å²) in [6.45, 7) is 0. The van der Waals surface area contributed by atoms with Crippen LogP contribution in [0.1, 0.15) is 0 Å². The van der Waals surface area contributed by atoms with E-state index in [-0.39, 0.29) is 0 Å². The van der Waals surface area contributed by atoms with Crippen molar-refractivity contribution in [3.8, 4) is 56.2 Å². The number of aromatic nitrogens is 2. The van der Waals surface area contributed by atoms with E-state index >= 15 is 0 Å². The van der Waals surface area contributed by atoms with E-state index in [4.69, 9.17) is 21.6 Å². The van der Waals surface area contributed by atoms with Crippen LogP contribution in [0.25, 0.3) is 56.2 Å². The fourth-order valence-corrected chi connectivity index (χ4v) is 4.62. The van der Waals surface area contributed by atoms with Crippen molar-refractivity contribution in [1.29, 1.82) is 0 Å². The summed E-state index contributed by atoms with van der Waals surface area (Å²) < 4.78 is 0. The van der Waals surface area contributed by atoms with Crippen molar-refractivity contribution in [2.45, 2.75) is 0 Å². The molecular weight excluding hydrogens is 472 g/mol. The Morgan fingerprint density at radius 3 is 1.38 bits per heavy atom. The van der Waals surface area contributed by atoms with Gasteiger partial charge in [-0.3, -0.25) is 0 Å². The van der Waals surface area contributed by atoms with Gasteiger partial charge < -0.3 is 0 Å². The second-order valence-corrected chi connectivity index (χ2v) is 9.30. The molecule has 5 aromatic carbocycles. The quantitative estimate of drug-likeness (QED) is 0.238. The molecule has 0 aliphatic heterocycles. The number of rotatable bonds is 5. The molecule has 0 saturated carbocycles. The molecule has 0 unspecified atom stereocenters. The predicted octanol–water partition coefficient (Wildman–Crippen LogP) is 9.46. The molecule has 0 N–H and O–H groups in total. The van der Waals surface area contributed by atoms with Crippen LogP contribution in [0.2, 0.25) is 5.02 Å². The average Bonchev–Trinajstić information content (AvgIpc) is 2.98. The third-order valence-electron chi connectivity index (χ3n) is 6.38. The minimum atomic E-state index is 0.704. The summed E-state index contributed by atoms with van der Waals surface area (Å²) in [6.07, 6.45) is 0. The van der Waals surface area contributed by atoms with Gasteiger partial charge in [0, 0.05) is 21.7 Å². The Kier molecular flexibility index (Phi) is 6.33. The molecule has 176 valence electrons. The zero-order valence-corrected chi connectivity index (χ0v) is 20.8. The summed E-state index contributed by atoms with van der Waals surface area (Å²) in [5.74, 6) is 0.704. The number of benzene rings is 5. The monoisotopic (exact) mass is 494 g/mol. The Bertz CT molecular complexity index is 1640. The Balaban J connectivity index is 1.41. The Hall–Kier alpha value is -4.53. The fourth-order valence-electron chi connectivity index (χ4n) is 4.42. The molecule has 1 heterocycles. The molecule has 0 spiro atoms. The molecule has 6 aromatic rings. The lowest BCUT2D eigenvalue weighted by molar-refractivity contribution is 1.18. The van der Waals surface area contributed by atoms with Crippen molar-refractivity contribution in [1.82, 2.24) is 9.97 Å². The molecule has 3 heteroatoms. The van der Waals surface area contributed by atoms with E-state index in [9.17, 15) is 0 Å². The van der Waals surface area contributed by atoms with Crippen LogP contribution in [0.5, 0.6) is 0 Å². The van der Waals surface area contributed by atoms with Crippen LogP contribution in [-0.2, 0) is 0 Å². The normalized spacial score (nSPS) is 10.8. The van der Waals surface area contributed by atoms with Crippen LogP contribution in [0.3, 0.4) is 0 Å². The van der Waals surface area contributed by atoms with Crippen molar-refractivity contribution >= 4 is 11.6 Å². The number of hydrogen-bond donors (Lipinski definition) is 0. The Morgan fingerprint density at radius 1 is 0.351 bits per heavy atom. The zero-order chi connectivity index (χ0) is 25.0. The molecule has 0 atom stereocenters. The number of halogens is 1. The fraction of sp³-hybridized carbons (Fsp3) is 0. The van der Waals surface area contributed by atoms with Crippen molar-refractivity contribution < 1.29 is 0 Å². The van der Waals surface area contributed by atoms with Crippen LogP contribution in [-0.4, -0.2) is 9.97 Å². The first-order valence-electron chi connectivity index (χ1n) is 12.2. The molecule has 1 aromatic heterocycles. The van der Waals surface area contributed by atoms with Gasteiger partial charge in [0.1, 0.15) is 0 Å². The smallest absolute Gasteiger partial charge is 0.160 e.